The van der Waals surface area contributed by atoms with Gasteiger partial charge in [-0.3, -0.25) is 9.59 Å². The van der Waals surface area contributed by atoms with E-state index in [0.29, 0.717) is 13.0 Å². The minimum Gasteiger partial charge on any atom is -0.466 e. The molecule has 0 bridgehead atoms. The maximum atomic E-state index is 13.4. The van der Waals surface area contributed by atoms with Crippen LogP contribution in [-0.4, -0.2) is 18.4 Å². The first-order valence-electron chi connectivity index (χ1n) is 6.66. The Morgan fingerprint density at radius 1 is 1.30 bits per heavy atom. The molecule has 1 aromatic rings. The van der Waals surface area contributed by atoms with Crippen LogP contribution in [0.3, 0.4) is 0 Å². The predicted molar refractivity (Wildman–Crippen MR) is 67.9 cm³/mol. The first-order valence-corrected chi connectivity index (χ1v) is 6.66. The van der Waals surface area contributed by atoms with Gasteiger partial charge in [0.15, 0.2) is 11.6 Å². The lowest BCUT2D eigenvalue weighted by Crippen LogP contribution is -2.12. The van der Waals surface area contributed by atoms with Crippen LogP contribution < -0.4 is 0 Å². The molecule has 0 heterocycles. The standard InChI is InChI=1S/C15H16F2O3/c1-2-20-15(19)11-8-10(11)13(18)7-6-9-4-3-5-12(16)14(9)17/h3-5,10-11H,2,6-8H2,1H3/t10-,11-/m0/s1. The van der Waals surface area contributed by atoms with Gasteiger partial charge in [-0.15, -0.1) is 0 Å². The SMILES string of the molecule is CCOC(=O)[C@H]1C[C@@H]1C(=O)CCc1cccc(F)c1F. The maximum Gasteiger partial charge on any atom is 0.309 e. The molecule has 1 aromatic carbocycles. The minimum atomic E-state index is -0.911. The zero-order valence-electron chi connectivity index (χ0n) is 11.2. The topological polar surface area (TPSA) is 43.4 Å². The fraction of sp³-hybridized carbons (Fsp3) is 0.467. The van der Waals surface area contributed by atoms with Gasteiger partial charge in [0.2, 0.25) is 0 Å². The van der Waals surface area contributed by atoms with Crippen molar-refractivity contribution in [2.75, 3.05) is 6.61 Å². The quantitative estimate of drug-likeness (QED) is 0.753. The van der Waals surface area contributed by atoms with Gasteiger partial charge in [0.1, 0.15) is 5.78 Å². The molecule has 0 radical (unpaired) electrons. The number of Topliss-reactive ketones (excluding diaryl/α,β-unsaturated/α-hetero) is 1. The van der Waals surface area contributed by atoms with Crippen LogP contribution in [0.1, 0.15) is 25.3 Å². The summed E-state index contributed by atoms with van der Waals surface area (Å²) < 4.78 is 31.3. The summed E-state index contributed by atoms with van der Waals surface area (Å²) in [5.41, 5.74) is 0.187. The molecule has 0 saturated heterocycles. The highest BCUT2D eigenvalue weighted by atomic mass is 19.2. The molecule has 3 nitrogen and oxygen atoms in total. The molecule has 5 heteroatoms. The summed E-state index contributed by atoms with van der Waals surface area (Å²) in [6.45, 7) is 2.01. The number of carbonyl (C=O) groups is 2. The molecule has 0 aromatic heterocycles. The van der Waals surface area contributed by atoms with Crippen LogP contribution in [0.2, 0.25) is 0 Å². The summed E-state index contributed by atoms with van der Waals surface area (Å²) in [6.07, 6.45) is 0.763. The van der Waals surface area contributed by atoms with Crippen molar-refractivity contribution >= 4 is 11.8 Å². The van der Waals surface area contributed by atoms with Gasteiger partial charge in [0.25, 0.3) is 0 Å². The second-order valence-corrected chi connectivity index (χ2v) is 4.88. The fourth-order valence-corrected chi connectivity index (χ4v) is 2.25. The van der Waals surface area contributed by atoms with E-state index in [9.17, 15) is 18.4 Å². The van der Waals surface area contributed by atoms with Crippen LogP contribution in [0.4, 0.5) is 8.78 Å². The van der Waals surface area contributed by atoms with Crippen molar-refractivity contribution in [1.82, 2.24) is 0 Å². The van der Waals surface area contributed by atoms with Gasteiger partial charge in [-0.05, 0) is 31.4 Å². The molecule has 0 amide bonds. The van der Waals surface area contributed by atoms with Crippen molar-refractivity contribution in [2.24, 2.45) is 11.8 Å². The van der Waals surface area contributed by atoms with Crippen molar-refractivity contribution in [2.45, 2.75) is 26.2 Å². The van der Waals surface area contributed by atoms with Crippen LogP contribution >= 0.6 is 0 Å². The molecule has 2 rings (SSSR count). The van der Waals surface area contributed by atoms with E-state index in [-0.39, 0.29) is 42.0 Å². The molecule has 1 aliphatic rings. The summed E-state index contributed by atoms with van der Waals surface area (Å²) >= 11 is 0. The monoisotopic (exact) mass is 282 g/mol. The molecule has 20 heavy (non-hydrogen) atoms. The Morgan fingerprint density at radius 2 is 2.05 bits per heavy atom. The van der Waals surface area contributed by atoms with Gasteiger partial charge in [-0.2, -0.15) is 0 Å². The number of halogens is 2. The highest BCUT2D eigenvalue weighted by molar-refractivity contribution is 5.91. The highest BCUT2D eigenvalue weighted by Gasteiger charge is 2.48. The van der Waals surface area contributed by atoms with Crippen molar-refractivity contribution in [3.8, 4) is 0 Å². The molecule has 1 fully saturated rings. The van der Waals surface area contributed by atoms with Gasteiger partial charge in [-0.1, -0.05) is 12.1 Å². The van der Waals surface area contributed by atoms with Crippen LogP contribution in [0.5, 0.6) is 0 Å². The van der Waals surface area contributed by atoms with Crippen LogP contribution in [0, 0.1) is 23.5 Å². The lowest BCUT2D eigenvalue weighted by atomic mass is 10.0. The zero-order valence-corrected chi connectivity index (χ0v) is 11.2. The van der Waals surface area contributed by atoms with Crippen molar-refractivity contribution in [3.63, 3.8) is 0 Å². The van der Waals surface area contributed by atoms with E-state index in [0.717, 1.165) is 6.07 Å². The van der Waals surface area contributed by atoms with E-state index in [2.05, 4.69) is 0 Å². The second kappa shape index (κ2) is 6.11. The fourth-order valence-electron chi connectivity index (χ4n) is 2.25. The first-order chi connectivity index (χ1) is 9.54. The Kier molecular flexibility index (Phi) is 4.47. The average molecular weight is 282 g/mol. The van der Waals surface area contributed by atoms with Crippen molar-refractivity contribution in [1.29, 1.82) is 0 Å². The second-order valence-electron chi connectivity index (χ2n) is 4.88. The normalized spacial score (nSPS) is 20.6. The molecule has 1 aliphatic carbocycles. The Hall–Kier alpha value is -1.78. The molecule has 2 atom stereocenters. The first kappa shape index (κ1) is 14.6. The van der Waals surface area contributed by atoms with Gasteiger partial charge in [0.05, 0.1) is 12.5 Å². The van der Waals surface area contributed by atoms with Crippen LogP contribution in [0.15, 0.2) is 18.2 Å². The van der Waals surface area contributed by atoms with E-state index in [1.807, 2.05) is 0 Å². The molecular weight excluding hydrogens is 266 g/mol. The van der Waals surface area contributed by atoms with Gasteiger partial charge >= 0.3 is 5.97 Å². The Morgan fingerprint density at radius 3 is 2.75 bits per heavy atom. The number of esters is 1. The van der Waals surface area contributed by atoms with Crippen molar-refractivity contribution in [3.05, 3.63) is 35.4 Å². The summed E-state index contributed by atoms with van der Waals surface area (Å²) in [6, 6.07) is 3.91. The molecule has 108 valence electrons. The summed E-state index contributed by atoms with van der Waals surface area (Å²) in [7, 11) is 0. The highest BCUT2D eigenvalue weighted by Crippen LogP contribution is 2.41. The number of carbonyl (C=O) groups excluding carboxylic acids is 2. The number of benzene rings is 1. The molecular formula is C15H16F2O3. The Balaban J connectivity index is 1.85. The molecule has 0 unspecified atom stereocenters. The van der Waals surface area contributed by atoms with Crippen LogP contribution in [0.25, 0.3) is 0 Å². The van der Waals surface area contributed by atoms with E-state index < -0.39 is 11.6 Å². The van der Waals surface area contributed by atoms with Gasteiger partial charge in [0, 0.05) is 12.3 Å². The Bertz CT molecular complexity index is 528. The third-order valence-electron chi connectivity index (χ3n) is 3.47. The number of ketones is 1. The van der Waals surface area contributed by atoms with Crippen LogP contribution in [-0.2, 0) is 20.7 Å². The van der Waals surface area contributed by atoms with Gasteiger partial charge < -0.3 is 4.74 Å². The average Bonchev–Trinajstić information content (AvgIpc) is 3.21. The number of aryl methyl sites for hydroxylation is 1. The van der Waals surface area contributed by atoms with Crippen molar-refractivity contribution < 1.29 is 23.1 Å². The lowest BCUT2D eigenvalue weighted by molar-refractivity contribution is -0.145. The van der Waals surface area contributed by atoms with E-state index in [1.165, 1.54) is 12.1 Å². The predicted octanol–water partition coefficient (Wildman–Crippen LogP) is 2.67. The third kappa shape index (κ3) is 3.21. The number of hydrogen-bond donors (Lipinski definition) is 0. The van der Waals surface area contributed by atoms with E-state index >= 15 is 0 Å². The number of hydrogen-bond acceptors (Lipinski definition) is 3. The largest absolute Gasteiger partial charge is 0.466 e. The summed E-state index contributed by atoms with van der Waals surface area (Å²) in [4.78, 5) is 23.3. The van der Waals surface area contributed by atoms with Gasteiger partial charge in [-0.25, -0.2) is 8.78 Å². The maximum absolute atomic E-state index is 13.4. The molecule has 0 aliphatic heterocycles. The Labute approximate surface area is 115 Å². The summed E-state index contributed by atoms with van der Waals surface area (Å²) in [5.74, 6) is -2.91. The van der Waals surface area contributed by atoms with E-state index in [1.54, 1.807) is 6.92 Å². The number of rotatable bonds is 6. The molecule has 0 spiro atoms. The summed E-state index contributed by atoms with van der Waals surface area (Å²) in [5, 5.41) is 0. The zero-order chi connectivity index (χ0) is 14.7. The molecule has 0 N–H and O–H groups in total. The smallest absolute Gasteiger partial charge is 0.309 e. The lowest BCUT2D eigenvalue weighted by Gasteiger charge is -2.04. The third-order valence-corrected chi connectivity index (χ3v) is 3.47. The number of ether oxygens (including phenoxy) is 1. The molecule has 1 saturated carbocycles. The van der Waals surface area contributed by atoms with E-state index in [4.69, 9.17) is 4.74 Å². The minimum absolute atomic E-state index is 0.0910.